The van der Waals surface area contributed by atoms with E-state index in [4.69, 9.17) is 4.74 Å². The van der Waals surface area contributed by atoms with Gasteiger partial charge in [0.1, 0.15) is 5.60 Å². The molecule has 6 nitrogen and oxygen atoms in total. The van der Waals surface area contributed by atoms with E-state index < -0.39 is 35.6 Å². The highest BCUT2D eigenvalue weighted by Crippen LogP contribution is 2.33. The van der Waals surface area contributed by atoms with Crippen LogP contribution >= 0.6 is 0 Å². The molecule has 0 spiro atoms. The van der Waals surface area contributed by atoms with Gasteiger partial charge in [0.05, 0.1) is 17.8 Å². The molecule has 2 atom stereocenters. The predicted octanol–water partition coefficient (Wildman–Crippen LogP) is 3.90. The zero-order chi connectivity index (χ0) is 22.7. The lowest BCUT2D eigenvalue weighted by Crippen LogP contribution is -2.41. The minimum absolute atomic E-state index is 0.00388. The normalized spacial score (nSPS) is 20.0. The molecule has 0 saturated carbocycles. The molecule has 2 amide bonds. The van der Waals surface area contributed by atoms with Gasteiger partial charge in [-0.3, -0.25) is 10.1 Å². The van der Waals surface area contributed by atoms with Gasteiger partial charge in [0.2, 0.25) is 5.91 Å². The van der Waals surface area contributed by atoms with Crippen LogP contribution in [0.25, 0.3) is 0 Å². The fourth-order valence-electron chi connectivity index (χ4n) is 3.39. The zero-order valence-corrected chi connectivity index (χ0v) is 18.0. The summed E-state index contributed by atoms with van der Waals surface area (Å²) < 4.78 is 45.2. The van der Waals surface area contributed by atoms with Crippen molar-refractivity contribution in [3.8, 4) is 0 Å². The lowest BCUT2D eigenvalue weighted by atomic mass is 10.1. The maximum Gasteiger partial charge on any atom is 0.416 e. The number of hydrogen-bond acceptors (Lipinski definition) is 4. The van der Waals surface area contributed by atoms with E-state index in [1.54, 1.807) is 20.8 Å². The minimum atomic E-state index is -4.49. The fraction of sp³-hybridized carbons (Fsp3) is 0.619. The maximum atomic E-state index is 13.3. The molecule has 30 heavy (non-hydrogen) atoms. The first-order chi connectivity index (χ1) is 13.8. The zero-order valence-electron chi connectivity index (χ0n) is 18.0. The van der Waals surface area contributed by atoms with Crippen molar-refractivity contribution >= 4 is 12.0 Å². The van der Waals surface area contributed by atoms with Crippen molar-refractivity contribution in [1.82, 2.24) is 15.5 Å². The number of carbonyl (C=O) groups excluding carboxylic acids is 2. The van der Waals surface area contributed by atoms with Crippen molar-refractivity contribution in [2.45, 2.75) is 71.6 Å². The Bertz CT molecular complexity index is 760. The highest BCUT2D eigenvalue weighted by molar-refractivity contribution is 5.84. The number of carbonyl (C=O) groups is 2. The first-order valence-corrected chi connectivity index (χ1v) is 9.98. The van der Waals surface area contributed by atoms with Gasteiger partial charge in [0, 0.05) is 13.1 Å². The molecule has 1 aliphatic heterocycles. The molecule has 0 bridgehead atoms. The summed E-state index contributed by atoms with van der Waals surface area (Å²) in [4.78, 5) is 26.1. The summed E-state index contributed by atoms with van der Waals surface area (Å²) in [7, 11) is 0. The van der Waals surface area contributed by atoms with Gasteiger partial charge in [0.15, 0.2) is 0 Å². The molecule has 0 radical (unpaired) electrons. The van der Waals surface area contributed by atoms with Gasteiger partial charge in [-0.05, 0) is 44.7 Å². The second-order valence-electron chi connectivity index (χ2n) is 8.75. The Morgan fingerprint density at radius 3 is 2.43 bits per heavy atom. The summed E-state index contributed by atoms with van der Waals surface area (Å²) in [6.07, 6.45) is -5.16. The van der Waals surface area contributed by atoms with Gasteiger partial charge < -0.3 is 15.0 Å². The van der Waals surface area contributed by atoms with Gasteiger partial charge in [-0.1, -0.05) is 32.0 Å². The average molecular weight is 429 g/mol. The molecule has 2 rings (SSSR count). The van der Waals surface area contributed by atoms with Crippen LogP contribution in [-0.2, 0) is 22.3 Å². The topological polar surface area (TPSA) is 70.7 Å². The van der Waals surface area contributed by atoms with Gasteiger partial charge in [-0.25, -0.2) is 4.79 Å². The van der Waals surface area contributed by atoms with E-state index in [9.17, 15) is 22.8 Å². The standard InChI is InChI=1S/C21H30F3N3O3/c1-13(2)17-26-16(10-11-25-19(29)30-20(3,4)5)18(28)27(17)12-14-8-6-7-9-15(14)21(22,23)24/h6-9,13,16-17,26H,10-12H2,1-5H3,(H,25,29). The Kier molecular flexibility index (Phi) is 7.39. The van der Waals surface area contributed by atoms with Crippen LogP contribution in [0.4, 0.5) is 18.0 Å². The number of rotatable bonds is 6. The van der Waals surface area contributed by atoms with E-state index >= 15 is 0 Å². The molecule has 1 aliphatic rings. The monoisotopic (exact) mass is 429 g/mol. The molecule has 1 saturated heterocycles. The maximum absolute atomic E-state index is 13.3. The molecule has 1 heterocycles. The minimum Gasteiger partial charge on any atom is -0.444 e. The Hall–Kier alpha value is -2.29. The van der Waals surface area contributed by atoms with E-state index in [1.807, 2.05) is 13.8 Å². The summed E-state index contributed by atoms with van der Waals surface area (Å²) in [6.45, 7) is 9.11. The van der Waals surface area contributed by atoms with E-state index in [0.717, 1.165) is 6.07 Å². The van der Waals surface area contributed by atoms with Gasteiger partial charge in [-0.15, -0.1) is 0 Å². The van der Waals surface area contributed by atoms with Crippen molar-refractivity contribution in [3.05, 3.63) is 35.4 Å². The first-order valence-electron chi connectivity index (χ1n) is 9.98. The van der Waals surface area contributed by atoms with Crippen LogP contribution in [0.5, 0.6) is 0 Å². The lowest BCUT2D eigenvalue weighted by Gasteiger charge is -2.28. The summed E-state index contributed by atoms with van der Waals surface area (Å²) in [5.41, 5.74) is -1.31. The van der Waals surface area contributed by atoms with Crippen molar-refractivity contribution in [2.24, 2.45) is 5.92 Å². The molecule has 0 aromatic heterocycles. The Morgan fingerprint density at radius 2 is 1.87 bits per heavy atom. The van der Waals surface area contributed by atoms with Crippen LogP contribution in [0.1, 0.15) is 52.2 Å². The third kappa shape index (κ3) is 6.35. The van der Waals surface area contributed by atoms with Crippen LogP contribution in [0.15, 0.2) is 24.3 Å². The number of hydrogen-bond donors (Lipinski definition) is 2. The molecular weight excluding hydrogens is 399 g/mol. The molecule has 2 N–H and O–H groups in total. The van der Waals surface area contributed by atoms with Crippen molar-refractivity contribution in [2.75, 3.05) is 6.54 Å². The Morgan fingerprint density at radius 1 is 1.23 bits per heavy atom. The third-order valence-corrected chi connectivity index (χ3v) is 4.69. The molecule has 1 fully saturated rings. The number of alkyl carbamates (subject to hydrolysis) is 1. The van der Waals surface area contributed by atoms with E-state index in [2.05, 4.69) is 10.6 Å². The van der Waals surface area contributed by atoms with Crippen molar-refractivity contribution in [1.29, 1.82) is 0 Å². The number of alkyl halides is 3. The highest BCUT2D eigenvalue weighted by Gasteiger charge is 2.41. The molecule has 1 aromatic rings. The molecule has 2 unspecified atom stereocenters. The van der Waals surface area contributed by atoms with E-state index in [0.29, 0.717) is 6.42 Å². The Balaban J connectivity index is 2.07. The van der Waals surface area contributed by atoms with E-state index in [-0.39, 0.29) is 30.5 Å². The van der Waals surface area contributed by atoms with Gasteiger partial charge in [0.25, 0.3) is 0 Å². The molecule has 168 valence electrons. The molecule has 0 aliphatic carbocycles. The van der Waals surface area contributed by atoms with Crippen molar-refractivity contribution in [3.63, 3.8) is 0 Å². The van der Waals surface area contributed by atoms with E-state index in [1.165, 1.54) is 23.1 Å². The number of nitrogens with one attached hydrogen (secondary N) is 2. The van der Waals surface area contributed by atoms with Crippen LogP contribution in [0, 0.1) is 5.92 Å². The quantitative estimate of drug-likeness (QED) is 0.720. The number of halogens is 3. The number of benzene rings is 1. The second-order valence-corrected chi connectivity index (χ2v) is 8.75. The summed E-state index contributed by atoms with van der Waals surface area (Å²) in [5.74, 6) is -0.285. The summed E-state index contributed by atoms with van der Waals surface area (Å²) in [5, 5.41) is 5.80. The Labute approximate surface area is 175 Å². The molecular formula is C21H30F3N3O3. The lowest BCUT2D eigenvalue weighted by molar-refractivity contribution is -0.139. The highest BCUT2D eigenvalue weighted by atomic mass is 19.4. The SMILES string of the molecule is CC(C)C1NC(CCNC(=O)OC(C)(C)C)C(=O)N1Cc1ccccc1C(F)(F)F. The number of nitrogens with zero attached hydrogens (tertiary/aromatic N) is 1. The largest absolute Gasteiger partial charge is 0.444 e. The average Bonchev–Trinajstić information content (AvgIpc) is 2.90. The molecule has 1 aromatic carbocycles. The van der Waals surface area contributed by atoms with Crippen LogP contribution in [-0.4, -0.2) is 41.3 Å². The first kappa shape index (κ1) is 24.0. The number of ether oxygens (including phenoxy) is 1. The van der Waals surface area contributed by atoms with Gasteiger partial charge >= 0.3 is 12.3 Å². The molecule has 9 heteroatoms. The summed E-state index contributed by atoms with van der Waals surface area (Å²) in [6, 6.07) is 4.69. The smallest absolute Gasteiger partial charge is 0.416 e. The number of amides is 2. The fourth-order valence-corrected chi connectivity index (χ4v) is 3.39. The third-order valence-electron chi connectivity index (χ3n) is 4.69. The predicted molar refractivity (Wildman–Crippen MR) is 106 cm³/mol. The van der Waals surface area contributed by atoms with Crippen LogP contribution in [0.2, 0.25) is 0 Å². The van der Waals surface area contributed by atoms with Crippen LogP contribution in [0.3, 0.4) is 0 Å². The van der Waals surface area contributed by atoms with Gasteiger partial charge in [-0.2, -0.15) is 13.2 Å². The second kappa shape index (κ2) is 9.24. The summed E-state index contributed by atoms with van der Waals surface area (Å²) >= 11 is 0. The van der Waals surface area contributed by atoms with Crippen molar-refractivity contribution < 1.29 is 27.5 Å². The van der Waals surface area contributed by atoms with Crippen LogP contribution < -0.4 is 10.6 Å².